The van der Waals surface area contributed by atoms with Gasteiger partial charge in [0, 0.05) is 6.42 Å². The molecule has 1 aliphatic rings. The van der Waals surface area contributed by atoms with Crippen LogP contribution in [-0.4, -0.2) is 15.5 Å². The maximum atomic E-state index is 10.7. The number of cyclic esters (lactones) is 1. The molecule has 1 aliphatic heterocycles. The monoisotopic (exact) mass is 274 g/mol. The molecule has 0 aromatic carbocycles. The van der Waals surface area contributed by atoms with Crippen molar-refractivity contribution in [1.82, 2.24) is 0 Å². The van der Waals surface area contributed by atoms with E-state index in [0.717, 1.165) is 12.8 Å². The van der Waals surface area contributed by atoms with Gasteiger partial charge in [-0.2, -0.15) is 0 Å². The van der Waals surface area contributed by atoms with Crippen molar-refractivity contribution in [2.45, 2.75) is 28.8 Å². The number of alkyl halides is 2. The summed E-state index contributed by atoms with van der Waals surface area (Å²) >= 11 is 7.79. The quantitative estimate of drug-likeness (QED) is 0.416. The molecule has 0 saturated carbocycles. The van der Waals surface area contributed by atoms with E-state index in [-0.39, 0.29) is 15.5 Å². The minimum atomic E-state index is -0.112. The smallest absolute Gasteiger partial charge is 0.306 e. The zero-order chi connectivity index (χ0) is 7.56. The molecule has 2 unspecified atom stereocenters. The molecule has 0 spiro atoms. The second-order valence-corrected chi connectivity index (χ2v) is 4.80. The van der Waals surface area contributed by atoms with Gasteiger partial charge in [0.1, 0.15) is 9.49 Å². The summed E-state index contributed by atoms with van der Waals surface area (Å²) in [5, 5.41) is 0. The third kappa shape index (κ3) is 2.27. The van der Waals surface area contributed by atoms with E-state index in [0.29, 0.717) is 6.42 Å². The average Bonchev–Trinajstić information content (AvgIpc) is 1.88. The zero-order valence-electron chi connectivity index (χ0n) is 5.35. The van der Waals surface area contributed by atoms with Crippen LogP contribution in [0.2, 0.25) is 0 Å². The van der Waals surface area contributed by atoms with Crippen LogP contribution < -0.4 is 0 Å². The third-order valence-corrected chi connectivity index (χ3v) is 2.52. The molecule has 0 aliphatic carbocycles. The highest BCUT2D eigenvalue weighted by Crippen LogP contribution is 2.23. The van der Waals surface area contributed by atoms with Crippen molar-refractivity contribution >= 4 is 40.2 Å². The summed E-state index contributed by atoms with van der Waals surface area (Å²) in [6.45, 7) is 0. The normalized spacial score (nSPS) is 29.4. The van der Waals surface area contributed by atoms with Crippen LogP contribution in [0.15, 0.2) is 0 Å². The number of hydrogen-bond donors (Lipinski definition) is 0. The van der Waals surface area contributed by atoms with Crippen LogP contribution in [0.3, 0.4) is 0 Å². The van der Waals surface area contributed by atoms with Gasteiger partial charge < -0.3 is 4.74 Å². The van der Waals surface area contributed by atoms with E-state index in [9.17, 15) is 4.79 Å². The van der Waals surface area contributed by atoms with Crippen molar-refractivity contribution in [3.05, 3.63) is 0 Å². The van der Waals surface area contributed by atoms with Crippen LogP contribution in [0.1, 0.15) is 19.3 Å². The largest absolute Gasteiger partial charge is 0.460 e. The molecule has 4 heteroatoms. The van der Waals surface area contributed by atoms with E-state index in [1.165, 1.54) is 0 Å². The van der Waals surface area contributed by atoms with Crippen molar-refractivity contribution in [1.29, 1.82) is 0 Å². The van der Waals surface area contributed by atoms with E-state index in [4.69, 9.17) is 16.3 Å². The van der Waals surface area contributed by atoms with Crippen LogP contribution in [0.4, 0.5) is 0 Å². The summed E-state index contributed by atoms with van der Waals surface area (Å²) in [6, 6.07) is 0. The molecule has 0 bridgehead atoms. The van der Waals surface area contributed by atoms with Gasteiger partial charge in [-0.25, -0.2) is 0 Å². The van der Waals surface area contributed by atoms with E-state index < -0.39 is 0 Å². The number of hydrogen-bond acceptors (Lipinski definition) is 2. The molecule has 0 radical (unpaired) electrons. The zero-order valence-corrected chi connectivity index (χ0v) is 8.26. The fraction of sp³-hybridized carbons (Fsp3) is 0.833. The minimum absolute atomic E-state index is 0.0662. The highest BCUT2D eigenvalue weighted by molar-refractivity contribution is 14.1. The van der Waals surface area contributed by atoms with Gasteiger partial charge in [0.05, 0.1) is 0 Å². The molecular weight excluding hydrogens is 266 g/mol. The van der Waals surface area contributed by atoms with E-state index in [2.05, 4.69) is 22.6 Å². The summed E-state index contributed by atoms with van der Waals surface area (Å²) in [5.41, 5.74) is 0. The molecule has 0 amide bonds. The lowest BCUT2D eigenvalue weighted by Crippen LogP contribution is -2.28. The second-order valence-electron chi connectivity index (χ2n) is 2.25. The van der Waals surface area contributed by atoms with Crippen molar-refractivity contribution in [2.24, 2.45) is 0 Å². The van der Waals surface area contributed by atoms with Crippen LogP contribution in [-0.2, 0) is 9.53 Å². The van der Waals surface area contributed by atoms with Crippen molar-refractivity contribution in [2.75, 3.05) is 0 Å². The number of carbonyl (C=O) groups excluding carboxylic acids is 1. The van der Waals surface area contributed by atoms with Crippen molar-refractivity contribution in [3.63, 3.8) is 0 Å². The van der Waals surface area contributed by atoms with Crippen LogP contribution in [0.5, 0.6) is 0 Å². The minimum Gasteiger partial charge on any atom is -0.460 e. The van der Waals surface area contributed by atoms with Gasteiger partial charge in [-0.15, -0.1) is 11.6 Å². The predicted molar refractivity (Wildman–Crippen MR) is 47.4 cm³/mol. The summed E-state index contributed by atoms with van der Waals surface area (Å²) in [5.74, 6) is -0.112. The molecule has 1 saturated heterocycles. The highest BCUT2D eigenvalue weighted by atomic mass is 127. The molecule has 0 N–H and O–H groups in total. The maximum Gasteiger partial charge on any atom is 0.306 e. The van der Waals surface area contributed by atoms with Crippen LogP contribution in [0, 0.1) is 0 Å². The average molecular weight is 274 g/mol. The van der Waals surface area contributed by atoms with Crippen LogP contribution >= 0.6 is 34.2 Å². The van der Waals surface area contributed by atoms with Gasteiger partial charge in [-0.1, -0.05) is 22.6 Å². The Morgan fingerprint density at radius 1 is 1.80 bits per heavy atom. The molecular formula is C6H8ClIO2. The Labute approximate surface area is 78.4 Å². The van der Waals surface area contributed by atoms with Gasteiger partial charge in [0.25, 0.3) is 0 Å². The SMILES string of the molecule is O=C1CCCC(C(Cl)I)O1. The summed E-state index contributed by atoms with van der Waals surface area (Å²) in [7, 11) is 0. The number of rotatable bonds is 1. The highest BCUT2D eigenvalue weighted by Gasteiger charge is 2.24. The van der Waals surface area contributed by atoms with Gasteiger partial charge >= 0.3 is 5.97 Å². The lowest BCUT2D eigenvalue weighted by Gasteiger charge is -2.22. The Balaban J connectivity index is 2.39. The first-order chi connectivity index (χ1) is 4.70. The first-order valence-corrected chi connectivity index (χ1v) is 4.86. The van der Waals surface area contributed by atoms with Gasteiger partial charge in [-0.3, -0.25) is 4.79 Å². The summed E-state index contributed by atoms with van der Waals surface area (Å²) in [4.78, 5) is 10.7. The van der Waals surface area contributed by atoms with Crippen LogP contribution in [0.25, 0.3) is 0 Å². The first-order valence-electron chi connectivity index (χ1n) is 3.18. The Morgan fingerprint density at radius 3 is 2.90 bits per heavy atom. The van der Waals surface area contributed by atoms with Gasteiger partial charge in [0.15, 0.2) is 0 Å². The molecule has 2 nitrogen and oxygen atoms in total. The van der Waals surface area contributed by atoms with E-state index in [1.807, 2.05) is 0 Å². The Bertz CT molecular complexity index is 138. The molecule has 58 valence electrons. The number of carbonyl (C=O) groups is 1. The predicted octanol–water partition coefficient (Wildman–Crippen LogP) is 2.08. The van der Waals surface area contributed by atoms with E-state index in [1.54, 1.807) is 0 Å². The Kier molecular flexibility index (Phi) is 3.23. The summed E-state index contributed by atoms with van der Waals surface area (Å²) < 4.78 is 4.89. The number of halogens is 2. The maximum absolute atomic E-state index is 10.7. The molecule has 0 aromatic rings. The first kappa shape index (κ1) is 8.59. The molecule has 1 rings (SSSR count). The second kappa shape index (κ2) is 3.76. The molecule has 0 aromatic heterocycles. The third-order valence-electron chi connectivity index (χ3n) is 1.43. The molecule has 10 heavy (non-hydrogen) atoms. The molecule has 1 heterocycles. The summed E-state index contributed by atoms with van der Waals surface area (Å²) in [6.07, 6.45) is 2.30. The van der Waals surface area contributed by atoms with Gasteiger partial charge in [0.2, 0.25) is 0 Å². The number of esters is 1. The molecule has 2 atom stereocenters. The Morgan fingerprint density at radius 2 is 2.50 bits per heavy atom. The lowest BCUT2D eigenvalue weighted by molar-refractivity contribution is -0.152. The van der Waals surface area contributed by atoms with E-state index >= 15 is 0 Å². The van der Waals surface area contributed by atoms with Crippen molar-refractivity contribution in [3.8, 4) is 0 Å². The standard InChI is InChI=1S/C6H8ClIO2/c7-6(8)4-2-1-3-5(9)10-4/h4,6H,1-3H2. The van der Waals surface area contributed by atoms with Crippen molar-refractivity contribution < 1.29 is 9.53 Å². The fourth-order valence-corrected chi connectivity index (χ4v) is 1.60. The Hall–Kier alpha value is 0.490. The fourth-order valence-electron chi connectivity index (χ4n) is 0.912. The molecule has 1 fully saturated rings. The van der Waals surface area contributed by atoms with Gasteiger partial charge in [-0.05, 0) is 12.8 Å². The number of ether oxygens (including phenoxy) is 1. The topological polar surface area (TPSA) is 26.3 Å². The lowest BCUT2D eigenvalue weighted by atomic mass is 10.1.